The van der Waals surface area contributed by atoms with Gasteiger partial charge < -0.3 is 5.32 Å². The Kier molecular flexibility index (Phi) is 6.10. The highest BCUT2D eigenvalue weighted by Gasteiger charge is 2.28. The lowest BCUT2D eigenvalue weighted by atomic mass is 9.75. The third-order valence-corrected chi connectivity index (χ3v) is 5.18. The van der Waals surface area contributed by atoms with E-state index in [-0.39, 0.29) is 0 Å². The predicted octanol–water partition coefficient (Wildman–Crippen LogP) is 5.62. The first-order chi connectivity index (χ1) is 9.63. The Morgan fingerprint density at radius 2 is 2.05 bits per heavy atom. The van der Waals surface area contributed by atoms with Gasteiger partial charge in [0.25, 0.3) is 0 Å². The summed E-state index contributed by atoms with van der Waals surface area (Å²) in [4.78, 5) is 0. The van der Waals surface area contributed by atoms with Gasteiger partial charge in [0.15, 0.2) is 0 Å². The Balaban J connectivity index is 2.21. The van der Waals surface area contributed by atoms with E-state index in [0.717, 1.165) is 18.4 Å². The topological polar surface area (TPSA) is 12.0 Å². The quantitative estimate of drug-likeness (QED) is 0.734. The fraction of sp³-hybridized carbons (Fsp3) is 0.667. The van der Waals surface area contributed by atoms with Crippen molar-refractivity contribution < 1.29 is 0 Å². The van der Waals surface area contributed by atoms with Crippen LogP contribution in [0.3, 0.4) is 0 Å². The van der Waals surface area contributed by atoms with Crippen molar-refractivity contribution in [3.05, 3.63) is 33.8 Å². The van der Waals surface area contributed by atoms with E-state index in [2.05, 4.69) is 60.2 Å². The van der Waals surface area contributed by atoms with Crippen LogP contribution in [0.15, 0.2) is 22.7 Å². The Morgan fingerprint density at radius 1 is 1.25 bits per heavy atom. The van der Waals surface area contributed by atoms with E-state index in [1.165, 1.54) is 47.7 Å². The molecule has 0 bridgehead atoms. The summed E-state index contributed by atoms with van der Waals surface area (Å²) >= 11 is 3.65. The van der Waals surface area contributed by atoms with Crippen LogP contribution in [0.2, 0.25) is 0 Å². The number of aryl methyl sites for hydroxylation is 1. The van der Waals surface area contributed by atoms with Crippen molar-refractivity contribution in [2.45, 2.75) is 58.9 Å². The standard InChI is InChI=1S/C18H28BrN/c1-4-14-7-6-8-15(11-14)18(20-5-2)16-9-13(3)10-17(19)12-16/h9-10,12,14-15,18,20H,4-8,11H2,1-3H3. The third kappa shape index (κ3) is 4.08. The largest absolute Gasteiger partial charge is 0.310 e. The molecule has 3 atom stereocenters. The highest BCUT2D eigenvalue weighted by Crippen LogP contribution is 2.39. The van der Waals surface area contributed by atoms with Gasteiger partial charge in [-0.05, 0) is 61.4 Å². The Bertz CT molecular complexity index is 409. The molecule has 0 aromatic heterocycles. The predicted molar refractivity (Wildman–Crippen MR) is 91.0 cm³/mol. The van der Waals surface area contributed by atoms with Crippen molar-refractivity contribution in [2.24, 2.45) is 11.8 Å². The maximum atomic E-state index is 3.75. The summed E-state index contributed by atoms with van der Waals surface area (Å²) in [5.41, 5.74) is 2.81. The molecule has 0 aliphatic heterocycles. The average molecular weight is 338 g/mol. The molecule has 20 heavy (non-hydrogen) atoms. The summed E-state index contributed by atoms with van der Waals surface area (Å²) < 4.78 is 1.21. The van der Waals surface area contributed by atoms with Gasteiger partial charge in [-0.25, -0.2) is 0 Å². The van der Waals surface area contributed by atoms with Crippen molar-refractivity contribution in [1.82, 2.24) is 5.32 Å². The van der Waals surface area contributed by atoms with E-state index in [9.17, 15) is 0 Å². The summed E-state index contributed by atoms with van der Waals surface area (Å²) in [5, 5.41) is 3.75. The molecule has 1 aliphatic rings. The zero-order valence-electron chi connectivity index (χ0n) is 13.1. The lowest BCUT2D eigenvalue weighted by molar-refractivity contribution is 0.210. The minimum absolute atomic E-state index is 0.519. The van der Waals surface area contributed by atoms with E-state index in [1.54, 1.807) is 0 Å². The summed E-state index contributed by atoms with van der Waals surface area (Å²) in [6.07, 6.45) is 6.94. The number of nitrogens with one attached hydrogen (secondary N) is 1. The Morgan fingerprint density at radius 3 is 2.70 bits per heavy atom. The van der Waals surface area contributed by atoms with Crippen molar-refractivity contribution in [3.63, 3.8) is 0 Å². The first kappa shape index (κ1) is 16.0. The molecule has 1 nitrogen and oxygen atoms in total. The number of hydrogen-bond donors (Lipinski definition) is 1. The molecule has 0 radical (unpaired) electrons. The van der Waals surface area contributed by atoms with Crippen LogP contribution in [0.5, 0.6) is 0 Å². The van der Waals surface area contributed by atoms with Crippen molar-refractivity contribution in [3.8, 4) is 0 Å². The first-order valence-electron chi connectivity index (χ1n) is 8.14. The highest BCUT2D eigenvalue weighted by atomic mass is 79.9. The monoisotopic (exact) mass is 337 g/mol. The number of halogens is 1. The van der Waals surface area contributed by atoms with E-state index in [4.69, 9.17) is 0 Å². The molecule has 1 aliphatic carbocycles. The molecule has 112 valence electrons. The Hall–Kier alpha value is -0.340. The van der Waals surface area contributed by atoms with Crippen LogP contribution in [0.4, 0.5) is 0 Å². The van der Waals surface area contributed by atoms with Gasteiger partial charge in [-0.15, -0.1) is 0 Å². The van der Waals surface area contributed by atoms with Gasteiger partial charge in [0.1, 0.15) is 0 Å². The molecule has 0 heterocycles. The van der Waals surface area contributed by atoms with Gasteiger partial charge in [-0.3, -0.25) is 0 Å². The molecule has 1 fully saturated rings. The molecule has 0 spiro atoms. The molecule has 1 saturated carbocycles. The maximum Gasteiger partial charge on any atom is 0.0349 e. The first-order valence-corrected chi connectivity index (χ1v) is 8.93. The molecule has 1 aromatic rings. The van der Waals surface area contributed by atoms with Crippen LogP contribution >= 0.6 is 15.9 Å². The number of rotatable bonds is 5. The molecular formula is C18H28BrN. The number of benzene rings is 1. The SMILES string of the molecule is CCNC(c1cc(C)cc(Br)c1)C1CCCC(CC)C1. The van der Waals surface area contributed by atoms with Crippen molar-refractivity contribution in [1.29, 1.82) is 0 Å². The summed E-state index contributed by atoms with van der Waals surface area (Å²) in [7, 11) is 0. The van der Waals surface area contributed by atoms with Crippen molar-refractivity contribution in [2.75, 3.05) is 6.54 Å². The summed E-state index contributed by atoms with van der Waals surface area (Å²) in [6.45, 7) is 7.80. The second kappa shape index (κ2) is 7.61. The maximum absolute atomic E-state index is 3.75. The van der Waals surface area contributed by atoms with Crippen LogP contribution < -0.4 is 5.32 Å². The molecular weight excluding hydrogens is 310 g/mol. The minimum atomic E-state index is 0.519. The third-order valence-electron chi connectivity index (χ3n) is 4.72. The fourth-order valence-electron chi connectivity index (χ4n) is 3.73. The van der Waals surface area contributed by atoms with Crippen LogP contribution in [0.1, 0.15) is 63.1 Å². The minimum Gasteiger partial charge on any atom is -0.310 e. The molecule has 0 saturated heterocycles. The van der Waals surface area contributed by atoms with E-state index >= 15 is 0 Å². The van der Waals surface area contributed by atoms with Crippen LogP contribution in [-0.2, 0) is 0 Å². The zero-order valence-corrected chi connectivity index (χ0v) is 14.7. The average Bonchev–Trinajstić information content (AvgIpc) is 2.43. The summed E-state index contributed by atoms with van der Waals surface area (Å²) in [5.74, 6) is 1.73. The highest BCUT2D eigenvalue weighted by molar-refractivity contribution is 9.10. The van der Waals surface area contributed by atoms with Gasteiger partial charge in [-0.1, -0.05) is 55.1 Å². The Labute approximate surface area is 132 Å². The fourth-order valence-corrected chi connectivity index (χ4v) is 4.35. The molecule has 1 aromatic carbocycles. The van der Waals surface area contributed by atoms with E-state index in [0.29, 0.717) is 6.04 Å². The molecule has 2 heteroatoms. The van der Waals surface area contributed by atoms with E-state index in [1.807, 2.05) is 0 Å². The van der Waals surface area contributed by atoms with Gasteiger partial charge in [0.2, 0.25) is 0 Å². The van der Waals surface area contributed by atoms with Gasteiger partial charge >= 0.3 is 0 Å². The normalized spacial score (nSPS) is 24.6. The second-order valence-corrected chi connectivity index (χ2v) is 7.21. The second-order valence-electron chi connectivity index (χ2n) is 6.30. The molecule has 0 amide bonds. The summed E-state index contributed by atoms with van der Waals surface area (Å²) in [6, 6.07) is 7.37. The molecule has 2 rings (SSSR count). The lowest BCUT2D eigenvalue weighted by Crippen LogP contribution is -2.31. The van der Waals surface area contributed by atoms with Gasteiger partial charge in [0.05, 0.1) is 0 Å². The van der Waals surface area contributed by atoms with E-state index < -0.39 is 0 Å². The van der Waals surface area contributed by atoms with Crippen LogP contribution in [-0.4, -0.2) is 6.54 Å². The lowest BCUT2D eigenvalue weighted by Gasteiger charge is -2.35. The van der Waals surface area contributed by atoms with Gasteiger partial charge in [0, 0.05) is 10.5 Å². The van der Waals surface area contributed by atoms with Crippen molar-refractivity contribution >= 4 is 15.9 Å². The van der Waals surface area contributed by atoms with Crippen LogP contribution in [0, 0.1) is 18.8 Å². The zero-order chi connectivity index (χ0) is 14.5. The molecule has 1 N–H and O–H groups in total. The van der Waals surface area contributed by atoms with Gasteiger partial charge in [-0.2, -0.15) is 0 Å². The smallest absolute Gasteiger partial charge is 0.0349 e. The van der Waals surface area contributed by atoms with Crippen LogP contribution in [0.25, 0.3) is 0 Å². The molecule has 3 unspecified atom stereocenters. The number of hydrogen-bond acceptors (Lipinski definition) is 1.